The minimum Gasteiger partial charge on any atom is -0.867 e. The normalized spacial score (nSPS) is 11.8. The molecule has 0 radical (unpaired) electrons. The number of aromatic nitrogens is 1. The van der Waals surface area contributed by atoms with Crippen molar-refractivity contribution in [3.05, 3.63) is 88.5 Å². The largest absolute Gasteiger partial charge is 0.867 e. The summed E-state index contributed by atoms with van der Waals surface area (Å²) in [7, 11) is 0. The Morgan fingerprint density at radius 2 is 2.00 bits per heavy atom. The van der Waals surface area contributed by atoms with Gasteiger partial charge in [-0.25, -0.2) is 0 Å². The lowest BCUT2D eigenvalue weighted by atomic mass is 10.1. The van der Waals surface area contributed by atoms with Gasteiger partial charge in [0.25, 0.3) is 0 Å². The van der Waals surface area contributed by atoms with E-state index in [1.54, 1.807) is 16.9 Å². The maximum Gasteiger partial charge on any atom is 0.238 e. The molecule has 3 rings (SSSR count). The van der Waals surface area contributed by atoms with Crippen LogP contribution in [-0.2, 0) is 6.54 Å². The first-order valence-corrected chi connectivity index (χ1v) is 9.21. The Bertz CT molecular complexity index is 952. The smallest absolute Gasteiger partial charge is 0.238 e. The van der Waals surface area contributed by atoms with Crippen LogP contribution in [0.5, 0.6) is 0 Å². The van der Waals surface area contributed by atoms with Gasteiger partial charge in [0.15, 0.2) is 17.4 Å². The monoisotopic (exact) mass is 428 g/mol. The number of benzene rings is 1. The topological polar surface area (TPSA) is 52.1 Å². The van der Waals surface area contributed by atoms with E-state index in [0.29, 0.717) is 22.8 Å². The van der Waals surface area contributed by atoms with Crippen molar-refractivity contribution < 1.29 is 14.1 Å². The Hall–Kier alpha value is -2.44. The van der Waals surface area contributed by atoms with Crippen molar-refractivity contribution in [1.82, 2.24) is 5.32 Å². The number of nitrogens with one attached hydrogen (secondary N) is 1. The molecule has 3 aromatic rings. The molecule has 1 N–H and O–H groups in total. The molecule has 0 saturated carbocycles. The molecule has 0 fully saturated rings. The first kappa shape index (κ1) is 18.4. The van der Waals surface area contributed by atoms with Crippen LogP contribution in [0.2, 0.25) is 0 Å². The number of hydrogen-bond donors (Lipinski definition) is 1. The molecule has 0 amide bonds. The second-order valence-electron chi connectivity index (χ2n) is 5.71. The molecule has 0 saturated heterocycles. The SMILES string of the molecule is Cc1ccc[n+](/C(C(=S)NCc2ccco2)=C(/[O-])c2ccccc2Br)c1. The fourth-order valence-corrected chi connectivity index (χ4v) is 3.24. The van der Waals surface area contributed by atoms with Gasteiger partial charge < -0.3 is 14.8 Å². The minimum absolute atomic E-state index is 0.162. The lowest BCUT2D eigenvalue weighted by molar-refractivity contribution is -0.578. The van der Waals surface area contributed by atoms with Crippen LogP contribution in [0, 0.1) is 6.92 Å². The predicted octanol–water partition coefficient (Wildman–Crippen LogP) is 3.44. The molecular weight excluding hydrogens is 412 g/mol. The third kappa shape index (κ3) is 4.20. The van der Waals surface area contributed by atoms with Crippen LogP contribution in [0.4, 0.5) is 0 Å². The van der Waals surface area contributed by atoms with E-state index in [-0.39, 0.29) is 5.76 Å². The summed E-state index contributed by atoms with van der Waals surface area (Å²) in [5.74, 6) is 0.583. The van der Waals surface area contributed by atoms with Gasteiger partial charge in [-0.05, 0) is 42.5 Å². The fraction of sp³-hybridized carbons (Fsp3) is 0.100. The Balaban J connectivity index is 2.03. The van der Waals surface area contributed by atoms with Crippen molar-refractivity contribution in [2.45, 2.75) is 13.5 Å². The lowest BCUT2D eigenvalue weighted by Gasteiger charge is -2.18. The van der Waals surface area contributed by atoms with Crippen molar-refractivity contribution in [2.75, 3.05) is 0 Å². The lowest BCUT2D eigenvalue weighted by Crippen LogP contribution is -2.42. The van der Waals surface area contributed by atoms with Crippen molar-refractivity contribution in [3.8, 4) is 0 Å². The average molecular weight is 429 g/mol. The molecule has 0 bridgehead atoms. The molecular formula is C20H17BrN2O2S. The third-order valence-electron chi connectivity index (χ3n) is 3.76. The van der Waals surface area contributed by atoms with Crippen LogP contribution in [-0.4, -0.2) is 4.99 Å². The number of aryl methyl sites for hydroxylation is 1. The standard InChI is InChI=1S/C20H17BrN2O2S/c1-14-6-4-10-23(13-14)18(19(24)16-8-2-3-9-17(16)21)20(26)22-12-15-7-5-11-25-15/h2-11,13H,12H2,1H3,(H-,22,24,26). The first-order valence-electron chi connectivity index (χ1n) is 8.01. The molecule has 26 heavy (non-hydrogen) atoms. The molecule has 0 spiro atoms. The van der Waals surface area contributed by atoms with Crippen molar-refractivity contribution in [1.29, 1.82) is 0 Å². The molecule has 4 nitrogen and oxygen atoms in total. The summed E-state index contributed by atoms with van der Waals surface area (Å²) in [6.07, 6.45) is 5.30. The summed E-state index contributed by atoms with van der Waals surface area (Å²) in [5.41, 5.74) is 1.97. The highest BCUT2D eigenvalue weighted by molar-refractivity contribution is 9.10. The van der Waals surface area contributed by atoms with E-state index in [4.69, 9.17) is 16.6 Å². The van der Waals surface area contributed by atoms with Gasteiger partial charge in [-0.3, -0.25) is 0 Å². The van der Waals surface area contributed by atoms with Crippen LogP contribution >= 0.6 is 28.1 Å². The maximum atomic E-state index is 13.2. The zero-order valence-electron chi connectivity index (χ0n) is 14.1. The summed E-state index contributed by atoms with van der Waals surface area (Å²) in [5, 5.41) is 16.4. The molecule has 132 valence electrons. The highest BCUT2D eigenvalue weighted by atomic mass is 79.9. The number of nitrogens with zero attached hydrogens (tertiary/aromatic N) is 1. The molecule has 0 aliphatic carbocycles. The second kappa shape index (κ2) is 8.29. The quantitative estimate of drug-likeness (QED) is 0.292. The van der Waals surface area contributed by atoms with Crippen LogP contribution in [0.25, 0.3) is 11.5 Å². The Morgan fingerprint density at radius 3 is 2.69 bits per heavy atom. The van der Waals surface area contributed by atoms with Gasteiger partial charge in [-0.15, -0.1) is 0 Å². The van der Waals surface area contributed by atoms with E-state index >= 15 is 0 Å². The van der Waals surface area contributed by atoms with E-state index in [2.05, 4.69) is 21.2 Å². The first-order chi connectivity index (χ1) is 12.6. The summed E-state index contributed by atoms with van der Waals surface area (Å²) in [6, 6.07) is 14.8. The van der Waals surface area contributed by atoms with E-state index < -0.39 is 0 Å². The summed E-state index contributed by atoms with van der Waals surface area (Å²) in [6.45, 7) is 2.38. The van der Waals surface area contributed by atoms with Crippen LogP contribution in [0.1, 0.15) is 16.9 Å². The van der Waals surface area contributed by atoms with Gasteiger partial charge in [-0.2, -0.15) is 4.57 Å². The number of furan rings is 1. The van der Waals surface area contributed by atoms with Crippen LogP contribution in [0.3, 0.4) is 0 Å². The number of halogens is 1. The van der Waals surface area contributed by atoms with E-state index in [1.165, 1.54) is 0 Å². The molecule has 2 heterocycles. The number of rotatable bonds is 5. The second-order valence-corrected chi connectivity index (χ2v) is 6.97. The molecule has 0 aliphatic heterocycles. The molecule has 0 atom stereocenters. The van der Waals surface area contributed by atoms with Gasteiger partial charge in [0.2, 0.25) is 5.70 Å². The van der Waals surface area contributed by atoms with Gasteiger partial charge >= 0.3 is 0 Å². The van der Waals surface area contributed by atoms with Gasteiger partial charge in [0.05, 0.1) is 12.8 Å². The van der Waals surface area contributed by atoms with Crippen molar-refractivity contribution in [2.24, 2.45) is 0 Å². The molecule has 0 aliphatic rings. The fourth-order valence-electron chi connectivity index (χ4n) is 2.51. The highest BCUT2D eigenvalue weighted by Gasteiger charge is 2.19. The summed E-state index contributed by atoms with van der Waals surface area (Å²) < 4.78 is 7.81. The van der Waals surface area contributed by atoms with Crippen molar-refractivity contribution in [3.63, 3.8) is 0 Å². The summed E-state index contributed by atoms with van der Waals surface area (Å²) >= 11 is 9.00. The molecule has 1 aromatic carbocycles. The van der Waals surface area contributed by atoms with Gasteiger partial charge in [0, 0.05) is 16.1 Å². The number of pyridine rings is 1. The maximum absolute atomic E-state index is 13.2. The molecule has 2 aromatic heterocycles. The summed E-state index contributed by atoms with van der Waals surface area (Å²) in [4.78, 5) is 0.359. The van der Waals surface area contributed by atoms with Crippen LogP contribution in [0.15, 0.2) is 76.1 Å². The Labute approximate surface area is 165 Å². The predicted molar refractivity (Wildman–Crippen MR) is 107 cm³/mol. The number of hydrogen-bond acceptors (Lipinski definition) is 3. The average Bonchev–Trinajstić information content (AvgIpc) is 3.14. The van der Waals surface area contributed by atoms with Crippen LogP contribution < -0.4 is 15.0 Å². The molecule has 6 heteroatoms. The minimum atomic E-state index is -0.162. The van der Waals surface area contributed by atoms with E-state index in [0.717, 1.165) is 15.8 Å². The highest BCUT2D eigenvalue weighted by Crippen LogP contribution is 2.23. The Kier molecular flexibility index (Phi) is 5.85. The Morgan fingerprint density at radius 1 is 1.19 bits per heavy atom. The third-order valence-corrected chi connectivity index (χ3v) is 4.79. The number of thiocarbonyl (C=S) groups is 1. The van der Waals surface area contributed by atoms with Crippen molar-refractivity contribution >= 4 is 44.6 Å². The van der Waals surface area contributed by atoms with E-state index in [1.807, 2.05) is 61.8 Å². The zero-order chi connectivity index (χ0) is 18.5. The van der Waals surface area contributed by atoms with Gasteiger partial charge in [0.1, 0.15) is 5.76 Å². The van der Waals surface area contributed by atoms with E-state index in [9.17, 15) is 5.11 Å². The zero-order valence-corrected chi connectivity index (χ0v) is 16.5. The molecule has 0 unspecified atom stereocenters. The van der Waals surface area contributed by atoms with Gasteiger partial charge in [-0.1, -0.05) is 46.3 Å².